The molecule has 2 aromatic rings. The molecule has 0 saturated heterocycles. The molecule has 216 valence electrons. The third-order valence-corrected chi connectivity index (χ3v) is 6.24. The summed E-state index contributed by atoms with van der Waals surface area (Å²) in [5, 5.41) is 5.83. The van der Waals surface area contributed by atoms with Crippen LogP contribution < -0.4 is 16.0 Å². The standard InChI is InChI=1S/C26H24Cl2F5N3O4/c1-13(2)19(21(37)26(32,33)24(40)34-12-25(29,30)31)35-23(39)20(15-7-5-4-6-8-15)36-22(38)14(3)16-9-10-17(27)18(28)11-16/h4-11,13,19-20H,3,12H2,1-2H3,(H,34,40)(H,35,39)(H,36,38)/t19-,20-/m0/s1. The summed E-state index contributed by atoms with van der Waals surface area (Å²) in [5.41, 5.74) is 0.329. The first kappa shape index (κ1) is 32.7. The van der Waals surface area contributed by atoms with Crippen molar-refractivity contribution in [2.24, 2.45) is 5.92 Å². The van der Waals surface area contributed by atoms with Crippen molar-refractivity contribution in [2.45, 2.75) is 38.0 Å². The van der Waals surface area contributed by atoms with Crippen LogP contribution in [-0.4, -0.2) is 48.2 Å². The minimum Gasteiger partial charge on any atom is -0.344 e. The summed E-state index contributed by atoms with van der Waals surface area (Å²) in [6.45, 7) is 4.14. The SMILES string of the molecule is C=C(C(=O)N[C@H](C(=O)N[C@H](C(=O)C(F)(F)C(=O)NCC(F)(F)F)C(C)C)c1ccccc1)c1ccc(Cl)c(Cl)c1. The second kappa shape index (κ2) is 13.2. The summed E-state index contributed by atoms with van der Waals surface area (Å²) < 4.78 is 66.2. The smallest absolute Gasteiger partial charge is 0.344 e. The number of rotatable bonds is 11. The van der Waals surface area contributed by atoms with Crippen LogP contribution in [0.5, 0.6) is 0 Å². The van der Waals surface area contributed by atoms with Crippen molar-refractivity contribution in [3.05, 3.63) is 76.3 Å². The van der Waals surface area contributed by atoms with E-state index in [-0.39, 0.29) is 26.7 Å². The highest BCUT2D eigenvalue weighted by Crippen LogP contribution is 2.27. The number of alkyl halides is 5. The lowest BCUT2D eigenvalue weighted by molar-refractivity contribution is -0.165. The maximum absolute atomic E-state index is 14.6. The number of ketones is 1. The van der Waals surface area contributed by atoms with Gasteiger partial charge < -0.3 is 16.0 Å². The Morgan fingerprint density at radius 1 is 0.900 bits per heavy atom. The molecule has 2 atom stereocenters. The Kier molecular flexibility index (Phi) is 10.8. The highest BCUT2D eigenvalue weighted by molar-refractivity contribution is 6.42. The van der Waals surface area contributed by atoms with Crippen molar-refractivity contribution in [1.29, 1.82) is 0 Å². The zero-order valence-corrected chi connectivity index (χ0v) is 22.6. The van der Waals surface area contributed by atoms with Gasteiger partial charge in [0.2, 0.25) is 11.7 Å². The van der Waals surface area contributed by atoms with Crippen LogP contribution in [0.25, 0.3) is 5.57 Å². The molecule has 7 nitrogen and oxygen atoms in total. The Balaban J connectivity index is 2.31. The van der Waals surface area contributed by atoms with Gasteiger partial charge in [-0.3, -0.25) is 19.2 Å². The molecule has 2 aromatic carbocycles. The molecule has 3 amide bonds. The van der Waals surface area contributed by atoms with Crippen LogP contribution in [0, 0.1) is 5.92 Å². The molecule has 40 heavy (non-hydrogen) atoms. The van der Waals surface area contributed by atoms with Gasteiger partial charge in [0, 0.05) is 5.57 Å². The van der Waals surface area contributed by atoms with Gasteiger partial charge >= 0.3 is 12.1 Å². The Labute approximate surface area is 236 Å². The molecule has 3 N–H and O–H groups in total. The fraction of sp³-hybridized carbons (Fsp3) is 0.308. The first-order valence-electron chi connectivity index (χ1n) is 11.5. The van der Waals surface area contributed by atoms with Crippen LogP contribution in [0.3, 0.4) is 0 Å². The molecule has 14 heteroatoms. The van der Waals surface area contributed by atoms with Crippen LogP contribution in [0.4, 0.5) is 22.0 Å². The summed E-state index contributed by atoms with van der Waals surface area (Å²) in [6, 6.07) is 8.24. The highest BCUT2D eigenvalue weighted by atomic mass is 35.5. The number of hydrogen-bond acceptors (Lipinski definition) is 4. The molecule has 0 aliphatic rings. The van der Waals surface area contributed by atoms with Crippen LogP contribution in [0.15, 0.2) is 55.1 Å². The second-order valence-corrected chi connectivity index (χ2v) is 9.71. The van der Waals surface area contributed by atoms with Crippen LogP contribution in [-0.2, 0) is 19.2 Å². The number of nitrogens with one attached hydrogen (secondary N) is 3. The Hall–Kier alpha value is -3.51. The summed E-state index contributed by atoms with van der Waals surface area (Å²) >= 11 is 11.9. The third-order valence-electron chi connectivity index (χ3n) is 5.50. The van der Waals surface area contributed by atoms with Gasteiger partial charge in [0.15, 0.2) is 0 Å². The summed E-state index contributed by atoms with van der Waals surface area (Å²) in [4.78, 5) is 50.6. The number of hydrogen-bond donors (Lipinski definition) is 3. The molecule has 0 bridgehead atoms. The van der Waals surface area contributed by atoms with Crippen molar-refractivity contribution >= 4 is 52.3 Å². The predicted octanol–water partition coefficient (Wildman–Crippen LogP) is 4.89. The average molecular weight is 608 g/mol. The van der Waals surface area contributed by atoms with Crippen molar-refractivity contribution in [3.8, 4) is 0 Å². The topological polar surface area (TPSA) is 104 Å². The summed E-state index contributed by atoms with van der Waals surface area (Å²) in [7, 11) is 0. The van der Waals surface area contributed by atoms with Gasteiger partial charge in [-0.05, 0) is 29.2 Å². The van der Waals surface area contributed by atoms with Gasteiger partial charge in [-0.1, -0.05) is 80.0 Å². The molecule has 0 aliphatic heterocycles. The van der Waals surface area contributed by atoms with E-state index in [0.29, 0.717) is 0 Å². The molecule has 0 aliphatic carbocycles. The quantitative estimate of drug-likeness (QED) is 0.192. The predicted molar refractivity (Wildman–Crippen MR) is 139 cm³/mol. The zero-order valence-electron chi connectivity index (χ0n) is 21.0. The van der Waals surface area contributed by atoms with E-state index >= 15 is 0 Å². The minimum atomic E-state index is -5.00. The average Bonchev–Trinajstić information content (AvgIpc) is 2.89. The minimum absolute atomic E-state index is 0.128. The fourth-order valence-electron chi connectivity index (χ4n) is 3.35. The van der Waals surface area contributed by atoms with Gasteiger partial charge in [0.1, 0.15) is 12.6 Å². The number of Topliss-reactive ketones (excluding diaryl/α,β-unsaturated/α-hetero) is 1. The maximum Gasteiger partial charge on any atom is 0.405 e. The van der Waals surface area contributed by atoms with E-state index in [1.165, 1.54) is 56.3 Å². The van der Waals surface area contributed by atoms with Gasteiger partial charge in [-0.15, -0.1) is 0 Å². The van der Waals surface area contributed by atoms with E-state index in [4.69, 9.17) is 23.2 Å². The second-order valence-electron chi connectivity index (χ2n) is 8.89. The first-order chi connectivity index (χ1) is 18.5. The summed E-state index contributed by atoms with van der Waals surface area (Å²) in [6.07, 6.45) is -5.00. The third kappa shape index (κ3) is 8.49. The van der Waals surface area contributed by atoms with Crippen molar-refractivity contribution < 1.29 is 41.1 Å². The zero-order chi connectivity index (χ0) is 30.4. The number of carbonyl (C=O) groups is 4. The van der Waals surface area contributed by atoms with Gasteiger partial charge in [0.25, 0.3) is 11.8 Å². The molecular weight excluding hydrogens is 584 g/mol. The molecule has 0 saturated carbocycles. The van der Waals surface area contributed by atoms with Crippen LogP contribution in [0.1, 0.15) is 31.0 Å². The molecule has 0 fully saturated rings. The Morgan fingerprint density at radius 3 is 2.02 bits per heavy atom. The number of benzene rings is 2. The molecule has 0 spiro atoms. The van der Waals surface area contributed by atoms with E-state index in [0.717, 1.165) is 5.32 Å². The molecule has 0 radical (unpaired) electrons. The van der Waals surface area contributed by atoms with Crippen molar-refractivity contribution in [1.82, 2.24) is 16.0 Å². The lowest BCUT2D eigenvalue weighted by atomic mass is 9.94. The largest absolute Gasteiger partial charge is 0.405 e. The van der Waals surface area contributed by atoms with Crippen LogP contribution in [0.2, 0.25) is 10.0 Å². The van der Waals surface area contributed by atoms with Gasteiger partial charge in [0.05, 0.1) is 16.1 Å². The van der Waals surface area contributed by atoms with E-state index in [2.05, 4.69) is 17.2 Å². The van der Waals surface area contributed by atoms with E-state index in [9.17, 15) is 41.1 Å². The van der Waals surface area contributed by atoms with Crippen LogP contribution >= 0.6 is 23.2 Å². The monoisotopic (exact) mass is 607 g/mol. The molecule has 0 aromatic heterocycles. The van der Waals surface area contributed by atoms with Gasteiger partial charge in [-0.25, -0.2) is 0 Å². The number of amides is 3. The fourth-order valence-corrected chi connectivity index (χ4v) is 3.65. The molecular formula is C26H24Cl2F5N3O4. The number of halogens is 7. The molecule has 2 rings (SSSR count). The Morgan fingerprint density at radius 2 is 1.50 bits per heavy atom. The van der Waals surface area contributed by atoms with E-state index in [1.807, 2.05) is 0 Å². The van der Waals surface area contributed by atoms with E-state index in [1.54, 1.807) is 6.07 Å². The first-order valence-corrected chi connectivity index (χ1v) is 12.3. The van der Waals surface area contributed by atoms with Gasteiger partial charge in [-0.2, -0.15) is 22.0 Å². The lowest BCUT2D eigenvalue weighted by Gasteiger charge is -2.28. The van der Waals surface area contributed by atoms with Crippen molar-refractivity contribution in [2.75, 3.05) is 6.54 Å². The lowest BCUT2D eigenvalue weighted by Crippen LogP contribution is -2.58. The van der Waals surface area contributed by atoms with Crippen molar-refractivity contribution in [3.63, 3.8) is 0 Å². The highest BCUT2D eigenvalue weighted by Gasteiger charge is 2.52. The normalized spacial score (nSPS) is 13.2. The van der Waals surface area contributed by atoms with E-state index < -0.39 is 60.1 Å². The summed E-state index contributed by atoms with van der Waals surface area (Å²) in [5.74, 6) is -12.5. The molecule has 0 heterocycles. The number of carbonyl (C=O) groups excluding carboxylic acids is 4. The Bertz CT molecular complexity index is 1290. The maximum atomic E-state index is 14.6. The molecule has 0 unspecified atom stereocenters.